The molecule has 0 amide bonds. The zero-order chi connectivity index (χ0) is 15.5. The molecular weight excluding hydrogens is 403 g/mol. The Labute approximate surface area is 141 Å². The lowest BCUT2D eigenvalue weighted by atomic mass is 9.83. The van der Waals surface area contributed by atoms with Gasteiger partial charge in [-0.25, -0.2) is 4.79 Å². The van der Waals surface area contributed by atoms with Crippen LogP contribution in [0.3, 0.4) is 0 Å². The summed E-state index contributed by atoms with van der Waals surface area (Å²) in [7, 11) is 1.35. The summed E-state index contributed by atoms with van der Waals surface area (Å²) in [4.78, 5) is 11.6. The first-order chi connectivity index (χ1) is 9.85. The van der Waals surface area contributed by atoms with E-state index in [0.717, 1.165) is 25.7 Å². The molecule has 0 bridgehead atoms. The summed E-state index contributed by atoms with van der Waals surface area (Å²) in [6.45, 7) is 3.36. The maximum atomic E-state index is 11.6. The summed E-state index contributed by atoms with van der Waals surface area (Å²) >= 11 is 2.08. The zero-order valence-electron chi connectivity index (χ0n) is 12.1. The highest BCUT2D eigenvalue weighted by Gasteiger charge is 2.41. The van der Waals surface area contributed by atoms with Gasteiger partial charge in [-0.15, -0.1) is 0 Å². The van der Waals surface area contributed by atoms with Crippen molar-refractivity contribution in [3.05, 3.63) is 11.8 Å². The number of hydrogen-bond donors (Lipinski definition) is 1. The maximum Gasteiger partial charge on any atom is 0.337 e. The standard InChI is InChI=1S/C15H19IO4S/c1-14(2)19-12(9-13(17)20-14)10-15(18,7-8-21-16)11-5-3-4-6-11/h9,11,18H,3-6,10H2,1-2H3. The molecule has 1 fully saturated rings. The predicted octanol–water partition coefficient (Wildman–Crippen LogP) is 3.54. The SMILES string of the molecule is CC1(C)OC(=O)C=C(CC(O)(C#CSI)C2CCCC2)O1. The van der Waals surface area contributed by atoms with Crippen LogP contribution in [0, 0.1) is 17.1 Å². The van der Waals surface area contributed by atoms with Crippen LogP contribution < -0.4 is 0 Å². The first kappa shape index (κ1) is 17.0. The number of rotatable bonds is 3. The quantitative estimate of drug-likeness (QED) is 0.429. The first-order valence-corrected chi connectivity index (χ1v) is 10.4. The first-order valence-electron chi connectivity index (χ1n) is 6.99. The number of esters is 1. The number of halogens is 1. The van der Waals surface area contributed by atoms with Gasteiger partial charge in [-0.2, -0.15) is 0 Å². The molecule has 0 radical (unpaired) electrons. The Balaban J connectivity index is 2.20. The molecule has 0 spiro atoms. The van der Waals surface area contributed by atoms with Gasteiger partial charge in [0.2, 0.25) is 5.79 Å². The molecule has 1 N–H and O–H groups in total. The summed E-state index contributed by atoms with van der Waals surface area (Å²) in [6, 6.07) is 0. The van der Waals surface area contributed by atoms with Gasteiger partial charge in [0, 0.05) is 41.5 Å². The smallest absolute Gasteiger partial charge is 0.337 e. The number of cyclic esters (lactones) is 1. The molecule has 2 aliphatic rings. The van der Waals surface area contributed by atoms with Crippen LogP contribution >= 0.6 is 30.1 Å². The van der Waals surface area contributed by atoms with Crippen molar-refractivity contribution in [3.63, 3.8) is 0 Å². The molecule has 4 nitrogen and oxygen atoms in total. The number of aliphatic hydroxyl groups is 1. The summed E-state index contributed by atoms with van der Waals surface area (Å²) < 4.78 is 10.7. The molecule has 1 atom stereocenters. The van der Waals surface area contributed by atoms with Crippen LogP contribution in [-0.4, -0.2) is 22.5 Å². The Morgan fingerprint density at radius 2 is 2.14 bits per heavy atom. The molecule has 0 aromatic rings. The van der Waals surface area contributed by atoms with Crippen molar-refractivity contribution in [1.82, 2.24) is 0 Å². The number of carbonyl (C=O) groups excluding carboxylic acids is 1. The lowest BCUT2D eigenvalue weighted by Gasteiger charge is -2.35. The van der Waals surface area contributed by atoms with Crippen LogP contribution in [-0.2, 0) is 14.3 Å². The molecule has 1 saturated carbocycles. The Morgan fingerprint density at radius 1 is 1.48 bits per heavy atom. The lowest BCUT2D eigenvalue weighted by molar-refractivity contribution is -0.207. The monoisotopic (exact) mass is 422 g/mol. The van der Waals surface area contributed by atoms with Crippen molar-refractivity contribution in [2.24, 2.45) is 5.92 Å². The van der Waals surface area contributed by atoms with Gasteiger partial charge >= 0.3 is 5.97 Å². The fourth-order valence-corrected chi connectivity index (χ4v) is 3.47. The third-order valence-electron chi connectivity index (χ3n) is 3.78. The zero-order valence-corrected chi connectivity index (χ0v) is 15.1. The molecule has 6 heteroatoms. The highest BCUT2D eigenvalue weighted by molar-refractivity contribution is 14.2. The second-order valence-corrected chi connectivity index (χ2v) is 7.60. The molecule has 1 unspecified atom stereocenters. The van der Waals surface area contributed by atoms with E-state index in [1.807, 2.05) is 0 Å². The second kappa shape index (κ2) is 6.80. The number of carbonyl (C=O) groups is 1. The summed E-state index contributed by atoms with van der Waals surface area (Å²) in [6.07, 6.45) is 5.67. The largest absolute Gasteiger partial charge is 0.457 e. The van der Waals surface area contributed by atoms with E-state index in [-0.39, 0.29) is 12.3 Å². The molecule has 116 valence electrons. The number of ether oxygens (including phenoxy) is 2. The average Bonchev–Trinajstić information content (AvgIpc) is 2.88. The van der Waals surface area contributed by atoms with E-state index in [1.165, 1.54) is 15.0 Å². The van der Waals surface area contributed by atoms with Crippen molar-refractivity contribution >= 4 is 36.1 Å². The Morgan fingerprint density at radius 3 is 2.71 bits per heavy atom. The second-order valence-electron chi connectivity index (χ2n) is 5.92. The van der Waals surface area contributed by atoms with Gasteiger partial charge in [-0.05, 0) is 32.9 Å². The molecular formula is C15H19IO4S. The molecule has 1 aliphatic heterocycles. The molecule has 1 aliphatic carbocycles. The predicted molar refractivity (Wildman–Crippen MR) is 90.3 cm³/mol. The van der Waals surface area contributed by atoms with Crippen LogP contribution in [0.1, 0.15) is 46.0 Å². The van der Waals surface area contributed by atoms with Crippen LogP contribution in [0.15, 0.2) is 11.8 Å². The van der Waals surface area contributed by atoms with Crippen molar-refractivity contribution in [1.29, 1.82) is 0 Å². The summed E-state index contributed by atoms with van der Waals surface area (Å²) in [5.74, 6) is 2.10. The van der Waals surface area contributed by atoms with E-state index in [4.69, 9.17) is 9.47 Å². The Hall–Kier alpha value is -0.390. The van der Waals surface area contributed by atoms with Crippen molar-refractivity contribution in [2.45, 2.75) is 57.3 Å². The fourth-order valence-electron chi connectivity index (χ4n) is 2.92. The molecule has 0 saturated heterocycles. The Bertz CT molecular complexity index is 500. The normalized spacial score (nSPS) is 24.2. The minimum Gasteiger partial charge on any atom is -0.457 e. The van der Waals surface area contributed by atoms with Crippen molar-refractivity contribution in [3.8, 4) is 11.2 Å². The minimum absolute atomic E-state index is 0.124. The maximum absolute atomic E-state index is 11.6. The van der Waals surface area contributed by atoms with E-state index in [2.05, 4.69) is 32.4 Å². The minimum atomic E-state index is -1.14. The van der Waals surface area contributed by atoms with Crippen molar-refractivity contribution < 1.29 is 19.4 Å². The summed E-state index contributed by atoms with van der Waals surface area (Å²) in [5.41, 5.74) is -1.14. The van der Waals surface area contributed by atoms with E-state index in [1.54, 1.807) is 13.8 Å². The summed E-state index contributed by atoms with van der Waals surface area (Å²) in [5, 5.41) is 13.9. The van der Waals surface area contributed by atoms with Crippen LogP contribution in [0.25, 0.3) is 0 Å². The van der Waals surface area contributed by atoms with Gasteiger partial charge < -0.3 is 14.6 Å². The highest BCUT2D eigenvalue weighted by Crippen LogP contribution is 2.39. The molecule has 0 aromatic heterocycles. The molecule has 1 heterocycles. The van der Waals surface area contributed by atoms with Crippen LogP contribution in [0.2, 0.25) is 0 Å². The average molecular weight is 422 g/mol. The van der Waals surface area contributed by atoms with Crippen LogP contribution in [0.4, 0.5) is 0 Å². The number of hydrogen-bond acceptors (Lipinski definition) is 5. The molecule has 2 rings (SSSR count). The topological polar surface area (TPSA) is 55.8 Å². The third kappa shape index (κ3) is 4.54. The van der Waals surface area contributed by atoms with Gasteiger partial charge in [-0.1, -0.05) is 18.8 Å². The van der Waals surface area contributed by atoms with E-state index >= 15 is 0 Å². The highest BCUT2D eigenvalue weighted by atomic mass is 127. The van der Waals surface area contributed by atoms with Gasteiger partial charge in [0.05, 0.1) is 6.08 Å². The fraction of sp³-hybridized carbons (Fsp3) is 0.667. The van der Waals surface area contributed by atoms with Gasteiger partial charge in [0.25, 0.3) is 0 Å². The van der Waals surface area contributed by atoms with Gasteiger partial charge in [0.1, 0.15) is 11.4 Å². The van der Waals surface area contributed by atoms with Crippen LogP contribution in [0.5, 0.6) is 0 Å². The lowest BCUT2D eigenvalue weighted by Crippen LogP contribution is -2.40. The van der Waals surface area contributed by atoms with E-state index in [0.29, 0.717) is 5.76 Å². The van der Waals surface area contributed by atoms with Crippen molar-refractivity contribution in [2.75, 3.05) is 0 Å². The van der Waals surface area contributed by atoms with Gasteiger partial charge in [-0.3, -0.25) is 0 Å². The third-order valence-corrected chi connectivity index (χ3v) is 4.62. The Kier molecular flexibility index (Phi) is 5.49. The van der Waals surface area contributed by atoms with E-state index in [9.17, 15) is 9.90 Å². The van der Waals surface area contributed by atoms with Gasteiger partial charge in [0.15, 0.2) is 0 Å². The van der Waals surface area contributed by atoms with E-state index < -0.39 is 17.4 Å². The molecule has 21 heavy (non-hydrogen) atoms. The molecule has 0 aromatic carbocycles.